The Hall–Kier alpha value is -3.06. The van der Waals surface area contributed by atoms with E-state index in [1.165, 1.54) is 31.5 Å². The van der Waals surface area contributed by atoms with E-state index in [1.807, 2.05) is 0 Å². The molecule has 0 aliphatic heterocycles. The number of halogens is 3. The van der Waals surface area contributed by atoms with E-state index in [1.54, 1.807) is 18.2 Å². The van der Waals surface area contributed by atoms with Crippen molar-refractivity contribution >= 4 is 11.8 Å². The predicted molar refractivity (Wildman–Crippen MR) is 125 cm³/mol. The Bertz CT molecular complexity index is 1100. The van der Waals surface area contributed by atoms with Crippen LogP contribution in [-0.4, -0.2) is 35.3 Å². The van der Waals surface area contributed by atoms with Gasteiger partial charge in [0.2, 0.25) is 5.95 Å². The maximum Gasteiger partial charge on any atom is 0.422 e. The van der Waals surface area contributed by atoms with E-state index in [-0.39, 0.29) is 23.7 Å². The third-order valence-electron chi connectivity index (χ3n) is 7.81. The van der Waals surface area contributed by atoms with Gasteiger partial charge in [-0.3, -0.25) is 0 Å². The van der Waals surface area contributed by atoms with Crippen LogP contribution in [0.25, 0.3) is 0 Å². The molecular formula is C25H29F3N6O. The number of rotatable bonds is 8. The number of nitriles is 1. The lowest BCUT2D eigenvalue weighted by molar-refractivity contribution is -0.153. The van der Waals surface area contributed by atoms with Crippen molar-refractivity contribution in [3.63, 3.8) is 0 Å². The van der Waals surface area contributed by atoms with Crippen LogP contribution in [0.3, 0.4) is 0 Å². The average Bonchev–Trinajstić information content (AvgIpc) is 2.83. The van der Waals surface area contributed by atoms with Gasteiger partial charge in [0.1, 0.15) is 23.2 Å². The molecule has 0 spiro atoms. The van der Waals surface area contributed by atoms with Crippen LogP contribution in [0.1, 0.15) is 43.2 Å². The summed E-state index contributed by atoms with van der Waals surface area (Å²) in [5.41, 5.74) is 7.56. The maximum atomic E-state index is 12.6. The Morgan fingerprint density at radius 1 is 1.14 bits per heavy atom. The van der Waals surface area contributed by atoms with Crippen molar-refractivity contribution in [2.24, 2.45) is 28.9 Å². The van der Waals surface area contributed by atoms with Crippen LogP contribution in [0.15, 0.2) is 30.5 Å². The van der Waals surface area contributed by atoms with E-state index in [0.29, 0.717) is 34.8 Å². The highest BCUT2D eigenvalue weighted by Gasteiger charge is 2.54. The van der Waals surface area contributed by atoms with E-state index in [9.17, 15) is 18.4 Å². The first kappa shape index (κ1) is 23.7. The summed E-state index contributed by atoms with van der Waals surface area (Å²) in [6, 6.07) is 8.97. The van der Waals surface area contributed by atoms with Gasteiger partial charge in [-0.2, -0.15) is 23.4 Å². The molecular weight excluding hydrogens is 457 g/mol. The van der Waals surface area contributed by atoms with Gasteiger partial charge < -0.3 is 21.1 Å². The summed E-state index contributed by atoms with van der Waals surface area (Å²) < 4.78 is 42.6. The van der Waals surface area contributed by atoms with Gasteiger partial charge in [0, 0.05) is 24.7 Å². The number of nitrogens with zero attached hydrogens (tertiary/aromatic N) is 3. The van der Waals surface area contributed by atoms with E-state index in [0.717, 1.165) is 25.3 Å². The zero-order chi connectivity index (χ0) is 24.6. The number of alkyl halides is 3. The molecule has 4 aliphatic rings. The summed E-state index contributed by atoms with van der Waals surface area (Å²) in [6.07, 6.45) is 2.92. The molecule has 0 saturated heterocycles. The first-order valence-corrected chi connectivity index (χ1v) is 12.0. The molecule has 35 heavy (non-hydrogen) atoms. The van der Waals surface area contributed by atoms with Crippen molar-refractivity contribution in [2.75, 3.05) is 23.8 Å². The van der Waals surface area contributed by atoms with Crippen molar-refractivity contribution < 1.29 is 17.9 Å². The molecule has 2 aromatic rings. The van der Waals surface area contributed by atoms with E-state index >= 15 is 0 Å². The molecule has 7 nitrogen and oxygen atoms in total. The zero-order valence-corrected chi connectivity index (χ0v) is 19.3. The third-order valence-corrected chi connectivity index (χ3v) is 7.81. The molecule has 4 N–H and O–H groups in total. The summed E-state index contributed by atoms with van der Waals surface area (Å²) in [5.74, 6) is 2.80. The molecule has 1 aromatic carbocycles. The highest BCUT2D eigenvalue weighted by atomic mass is 19.4. The lowest BCUT2D eigenvalue weighted by atomic mass is 9.48. The minimum atomic E-state index is -4.42. The van der Waals surface area contributed by atoms with Crippen LogP contribution < -0.4 is 21.1 Å². The van der Waals surface area contributed by atoms with Crippen LogP contribution in [0, 0.1) is 34.5 Å². The summed E-state index contributed by atoms with van der Waals surface area (Å²) in [7, 11) is 0. The summed E-state index contributed by atoms with van der Waals surface area (Å²) in [6.45, 7) is -0.449. The summed E-state index contributed by atoms with van der Waals surface area (Å²) >= 11 is 0. The average molecular weight is 487 g/mol. The van der Waals surface area contributed by atoms with Gasteiger partial charge >= 0.3 is 6.18 Å². The second-order valence-corrected chi connectivity index (χ2v) is 10.3. The smallest absolute Gasteiger partial charge is 0.422 e. The van der Waals surface area contributed by atoms with Crippen molar-refractivity contribution in [2.45, 2.75) is 50.9 Å². The number of nitrogens with one attached hydrogen (secondary N) is 2. The number of hydrogen-bond donors (Lipinski definition) is 3. The second-order valence-electron chi connectivity index (χ2n) is 10.3. The maximum absolute atomic E-state index is 12.6. The standard InChI is InChI=1S/C25H29F3N6O/c26-25(27,28)14-35-20-4-2-1-3-16(20)11-31-23-32-12-19(10-29)22(34-23)33-13-24-7-15-5-17(8-24)21(30)18(6-15)9-24/h1-4,12,15,17-18,21H,5-9,11,13-14,30H2,(H2,31,32,33,34)/t15?,17-,18+,21-,24-. The molecule has 0 radical (unpaired) electrons. The monoisotopic (exact) mass is 486 g/mol. The van der Waals surface area contributed by atoms with Gasteiger partial charge in [0.15, 0.2) is 6.61 Å². The Balaban J connectivity index is 1.25. The Labute approximate surface area is 202 Å². The molecule has 5 atom stereocenters. The Morgan fingerprint density at radius 2 is 1.89 bits per heavy atom. The predicted octanol–water partition coefficient (Wildman–Crippen LogP) is 4.47. The quantitative estimate of drug-likeness (QED) is 0.505. The van der Waals surface area contributed by atoms with Crippen LogP contribution in [0.2, 0.25) is 0 Å². The van der Waals surface area contributed by atoms with E-state index in [2.05, 4.69) is 26.7 Å². The molecule has 1 aromatic heterocycles. The van der Waals surface area contributed by atoms with Gasteiger partial charge in [-0.05, 0) is 61.3 Å². The molecule has 1 unspecified atom stereocenters. The minimum Gasteiger partial charge on any atom is -0.484 e. The molecule has 4 aliphatic carbocycles. The molecule has 4 saturated carbocycles. The van der Waals surface area contributed by atoms with Gasteiger partial charge in [0.05, 0.1) is 6.20 Å². The van der Waals surface area contributed by atoms with Crippen molar-refractivity contribution in [1.29, 1.82) is 5.26 Å². The molecule has 4 bridgehead atoms. The van der Waals surface area contributed by atoms with E-state index in [4.69, 9.17) is 10.5 Å². The Morgan fingerprint density at radius 3 is 2.60 bits per heavy atom. The summed E-state index contributed by atoms with van der Waals surface area (Å²) in [4.78, 5) is 8.71. The minimum absolute atomic E-state index is 0.143. The third kappa shape index (κ3) is 5.15. The van der Waals surface area contributed by atoms with Gasteiger partial charge in [-0.1, -0.05) is 18.2 Å². The lowest BCUT2D eigenvalue weighted by Gasteiger charge is -2.59. The van der Waals surface area contributed by atoms with E-state index < -0.39 is 12.8 Å². The number of nitrogens with two attached hydrogens (primary N) is 1. The molecule has 6 rings (SSSR count). The number of anilines is 2. The topological polar surface area (TPSA) is 109 Å². The fourth-order valence-corrected chi connectivity index (χ4v) is 6.53. The normalized spacial score (nSPS) is 29.0. The van der Waals surface area contributed by atoms with Crippen molar-refractivity contribution in [1.82, 2.24) is 9.97 Å². The number of para-hydroxylation sites is 1. The van der Waals surface area contributed by atoms with Gasteiger partial charge in [-0.15, -0.1) is 0 Å². The highest BCUT2D eigenvalue weighted by Crippen LogP contribution is 2.59. The fourth-order valence-electron chi connectivity index (χ4n) is 6.53. The van der Waals surface area contributed by atoms with Gasteiger partial charge in [-0.25, -0.2) is 4.98 Å². The van der Waals surface area contributed by atoms with Gasteiger partial charge in [0.25, 0.3) is 0 Å². The zero-order valence-electron chi connectivity index (χ0n) is 19.3. The second kappa shape index (κ2) is 9.19. The first-order chi connectivity index (χ1) is 16.7. The summed E-state index contributed by atoms with van der Waals surface area (Å²) in [5, 5.41) is 16.0. The molecule has 10 heteroatoms. The first-order valence-electron chi connectivity index (χ1n) is 12.0. The Kier molecular flexibility index (Phi) is 6.21. The largest absolute Gasteiger partial charge is 0.484 e. The highest BCUT2D eigenvalue weighted by molar-refractivity contribution is 5.53. The fraction of sp³-hybridized carbons (Fsp3) is 0.560. The number of aromatic nitrogens is 2. The van der Waals surface area contributed by atoms with Crippen LogP contribution >= 0.6 is 0 Å². The van der Waals surface area contributed by atoms with Crippen LogP contribution in [0.4, 0.5) is 24.9 Å². The SMILES string of the molecule is N#Cc1cnc(NCc2ccccc2OCC(F)(F)F)nc1NC[C@]12CC3C[C@H](C1)[C@@H](N)[C@@H](C3)C2. The van der Waals surface area contributed by atoms with Crippen molar-refractivity contribution in [3.8, 4) is 11.8 Å². The van der Waals surface area contributed by atoms with Crippen molar-refractivity contribution in [3.05, 3.63) is 41.6 Å². The molecule has 186 valence electrons. The molecule has 1 heterocycles. The van der Waals surface area contributed by atoms with Crippen LogP contribution in [-0.2, 0) is 6.54 Å². The molecule has 4 fully saturated rings. The number of benzene rings is 1. The molecule has 0 amide bonds. The van der Waals surface area contributed by atoms with Crippen LogP contribution in [0.5, 0.6) is 5.75 Å². The lowest BCUT2D eigenvalue weighted by Crippen LogP contribution is -2.58. The number of ether oxygens (including phenoxy) is 1. The number of hydrogen-bond acceptors (Lipinski definition) is 7.